The van der Waals surface area contributed by atoms with Crippen LogP contribution in [0.1, 0.15) is 11.1 Å². The van der Waals surface area contributed by atoms with E-state index in [0.717, 1.165) is 5.56 Å². The molecule has 7 heteroatoms. The van der Waals surface area contributed by atoms with Crippen LogP contribution in [0.2, 0.25) is 0 Å². The molecule has 0 radical (unpaired) electrons. The number of amides is 3. The summed E-state index contributed by atoms with van der Waals surface area (Å²) in [7, 11) is 0. The van der Waals surface area contributed by atoms with E-state index in [-0.39, 0.29) is 24.4 Å². The van der Waals surface area contributed by atoms with E-state index < -0.39 is 0 Å². The molecular weight excluding hydrogens is 373 g/mol. The standard InChI is InChI=1S/C22H26FN3O3/c1-17-5-7-18(8-6-17)15-21(27)25-10-12-26(13-11-25)22(28)24-9-14-29-20-4-2-3-19(23)16-20/h2-8,16H,9-15H2,1H3,(H,24,28). The van der Waals surface area contributed by atoms with Gasteiger partial charge in [-0.3, -0.25) is 4.79 Å². The summed E-state index contributed by atoms with van der Waals surface area (Å²) in [5.41, 5.74) is 2.17. The van der Waals surface area contributed by atoms with Gasteiger partial charge in [-0.2, -0.15) is 0 Å². The summed E-state index contributed by atoms with van der Waals surface area (Å²) in [4.78, 5) is 28.2. The van der Waals surface area contributed by atoms with E-state index >= 15 is 0 Å². The molecule has 1 aliphatic heterocycles. The largest absolute Gasteiger partial charge is 0.492 e. The Morgan fingerprint density at radius 2 is 1.72 bits per heavy atom. The Balaban J connectivity index is 1.35. The first-order valence-corrected chi connectivity index (χ1v) is 9.76. The van der Waals surface area contributed by atoms with Crippen LogP contribution in [0, 0.1) is 12.7 Å². The molecule has 2 aromatic carbocycles. The normalized spacial score (nSPS) is 13.9. The van der Waals surface area contributed by atoms with Crippen molar-refractivity contribution in [2.24, 2.45) is 0 Å². The van der Waals surface area contributed by atoms with Gasteiger partial charge in [0.25, 0.3) is 0 Å². The number of carbonyl (C=O) groups is 2. The van der Waals surface area contributed by atoms with Crippen molar-refractivity contribution < 1.29 is 18.7 Å². The Hall–Kier alpha value is -3.09. The van der Waals surface area contributed by atoms with Gasteiger partial charge in [-0.05, 0) is 24.6 Å². The van der Waals surface area contributed by atoms with Crippen molar-refractivity contribution in [3.05, 3.63) is 65.5 Å². The Labute approximate surface area is 170 Å². The van der Waals surface area contributed by atoms with Crippen molar-refractivity contribution in [3.8, 4) is 5.75 Å². The van der Waals surface area contributed by atoms with Crippen LogP contribution >= 0.6 is 0 Å². The lowest BCUT2D eigenvalue weighted by Crippen LogP contribution is -2.53. The van der Waals surface area contributed by atoms with E-state index in [2.05, 4.69) is 5.32 Å². The molecule has 0 aliphatic carbocycles. The van der Waals surface area contributed by atoms with Gasteiger partial charge in [0.1, 0.15) is 18.2 Å². The van der Waals surface area contributed by atoms with Crippen molar-refractivity contribution >= 4 is 11.9 Å². The van der Waals surface area contributed by atoms with Crippen LogP contribution in [0.25, 0.3) is 0 Å². The molecule has 0 spiro atoms. The topological polar surface area (TPSA) is 61.9 Å². The molecule has 0 bridgehead atoms. The molecule has 0 atom stereocenters. The van der Waals surface area contributed by atoms with Crippen molar-refractivity contribution in [2.75, 3.05) is 39.3 Å². The van der Waals surface area contributed by atoms with Gasteiger partial charge in [-0.25, -0.2) is 9.18 Å². The third-order valence-electron chi connectivity index (χ3n) is 4.84. The molecule has 154 valence electrons. The fourth-order valence-corrected chi connectivity index (χ4v) is 3.15. The molecule has 0 saturated carbocycles. The fraction of sp³-hybridized carbons (Fsp3) is 0.364. The van der Waals surface area contributed by atoms with Gasteiger partial charge in [0.15, 0.2) is 0 Å². The molecule has 1 heterocycles. The van der Waals surface area contributed by atoms with Crippen LogP contribution in [-0.4, -0.2) is 61.1 Å². The molecule has 1 aliphatic rings. The number of piperazine rings is 1. The average molecular weight is 399 g/mol. The van der Waals surface area contributed by atoms with E-state index in [9.17, 15) is 14.0 Å². The van der Waals surface area contributed by atoms with Crippen LogP contribution in [0.4, 0.5) is 9.18 Å². The highest BCUT2D eigenvalue weighted by Gasteiger charge is 2.23. The minimum atomic E-state index is -0.360. The van der Waals surface area contributed by atoms with Crippen LogP contribution in [0.15, 0.2) is 48.5 Å². The molecule has 6 nitrogen and oxygen atoms in total. The molecule has 1 fully saturated rings. The number of rotatable bonds is 6. The first kappa shape index (κ1) is 20.6. The van der Waals surface area contributed by atoms with Crippen molar-refractivity contribution in [3.63, 3.8) is 0 Å². The number of halogens is 1. The third kappa shape index (κ3) is 6.20. The van der Waals surface area contributed by atoms with Gasteiger partial charge in [0.2, 0.25) is 5.91 Å². The Kier molecular flexibility index (Phi) is 7.05. The maximum Gasteiger partial charge on any atom is 0.317 e. The van der Waals surface area contributed by atoms with E-state index in [0.29, 0.717) is 44.9 Å². The summed E-state index contributed by atoms with van der Waals surface area (Å²) >= 11 is 0. The van der Waals surface area contributed by atoms with E-state index in [1.807, 2.05) is 31.2 Å². The number of nitrogens with zero attached hydrogens (tertiary/aromatic N) is 2. The zero-order valence-corrected chi connectivity index (χ0v) is 16.6. The summed E-state index contributed by atoms with van der Waals surface area (Å²) in [6.45, 7) is 4.64. The molecule has 3 amide bonds. The number of carbonyl (C=O) groups excluding carboxylic acids is 2. The van der Waals surface area contributed by atoms with Crippen molar-refractivity contribution in [2.45, 2.75) is 13.3 Å². The minimum Gasteiger partial charge on any atom is -0.492 e. The minimum absolute atomic E-state index is 0.0809. The highest BCUT2D eigenvalue weighted by molar-refractivity contribution is 5.79. The van der Waals surface area contributed by atoms with Crippen molar-refractivity contribution in [1.82, 2.24) is 15.1 Å². The predicted octanol–water partition coefficient (Wildman–Crippen LogP) is 2.61. The summed E-state index contributed by atoms with van der Waals surface area (Å²) in [6, 6.07) is 13.7. The second-order valence-corrected chi connectivity index (χ2v) is 7.07. The summed E-state index contributed by atoms with van der Waals surface area (Å²) < 4.78 is 18.5. The highest BCUT2D eigenvalue weighted by atomic mass is 19.1. The second kappa shape index (κ2) is 9.91. The molecule has 0 unspecified atom stereocenters. The Morgan fingerprint density at radius 1 is 1.03 bits per heavy atom. The quantitative estimate of drug-likeness (QED) is 0.760. The molecule has 1 saturated heterocycles. The number of ether oxygens (including phenoxy) is 1. The van der Waals surface area contributed by atoms with Gasteiger partial charge in [-0.15, -0.1) is 0 Å². The SMILES string of the molecule is Cc1ccc(CC(=O)N2CCN(C(=O)NCCOc3cccc(F)c3)CC2)cc1. The number of nitrogens with one attached hydrogen (secondary N) is 1. The molecule has 29 heavy (non-hydrogen) atoms. The summed E-state index contributed by atoms with van der Waals surface area (Å²) in [6.07, 6.45) is 0.379. The first-order valence-electron chi connectivity index (χ1n) is 9.76. The highest BCUT2D eigenvalue weighted by Crippen LogP contribution is 2.11. The summed E-state index contributed by atoms with van der Waals surface area (Å²) in [5, 5.41) is 2.79. The first-order chi connectivity index (χ1) is 14.0. The fourth-order valence-electron chi connectivity index (χ4n) is 3.15. The number of hydrogen-bond acceptors (Lipinski definition) is 3. The number of hydrogen-bond donors (Lipinski definition) is 1. The number of urea groups is 1. The average Bonchev–Trinajstić information content (AvgIpc) is 2.73. The number of aryl methyl sites for hydroxylation is 1. The van der Waals surface area contributed by atoms with Crippen LogP contribution in [0.3, 0.4) is 0 Å². The van der Waals surface area contributed by atoms with Crippen LogP contribution in [-0.2, 0) is 11.2 Å². The molecular formula is C22H26FN3O3. The van der Waals surface area contributed by atoms with E-state index in [1.165, 1.54) is 17.7 Å². The Morgan fingerprint density at radius 3 is 2.41 bits per heavy atom. The summed E-state index contributed by atoms with van der Waals surface area (Å²) in [5.74, 6) is 0.152. The molecule has 3 rings (SSSR count). The molecule has 0 aromatic heterocycles. The van der Waals surface area contributed by atoms with Gasteiger partial charge >= 0.3 is 6.03 Å². The lowest BCUT2D eigenvalue weighted by Gasteiger charge is -2.34. The Bertz CT molecular complexity index is 833. The van der Waals surface area contributed by atoms with E-state index in [4.69, 9.17) is 4.74 Å². The monoisotopic (exact) mass is 399 g/mol. The molecule has 1 N–H and O–H groups in total. The van der Waals surface area contributed by atoms with Gasteiger partial charge in [-0.1, -0.05) is 35.9 Å². The lowest BCUT2D eigenvalue weighted by molar-refractivity contribution is -0.131. The lowest BCUT2D eigenvalue weighted by atomic mass is 10.1. The maximum absolute atomic E-state index is 13.1. The smallest absolute Gasteiger partial charge is 0.317 e. The third-order valence-corrected chi connectivity index (χ3v) is 4.84. The zero-order chi connectivity index (χ0) is 20.6. The van der Waals surface area contributed by atoms with Gasteiger partial charge in [0.05, 0.1) is 13.0 Å². The second-order valence-electron chi connectivity index (χ2n) is 7.07. The van der Waals surface area contributed by atoms with Crippen LogP contribution in [0.5, 0.6) is 5.75 Å². The predicted molar refractivity (Wildman–Crippen MR) is 108 cm³/mol. The molecule has 2 aromatic rings. The van der Waals surface area contributed by atoms with Crippen molar-refractivity contribution in [1.29, 1.82) is 0 Å². The zero-order valence-electron chi connectivity index (χ0n) is 16.6. The maximum atomic E-state index is 13.1. The van der Waals surface area contributed by atoms with Crippen LogP contribution < -0.4 is 10.1 Å². The van der Waals surface area contributed by atoms with Gasteiger partial charge in [0, 0.05) is 32.2 Å². The number of benzene rings is 2. The van der Waals surface area contributed by atoms with Gasteiger partial charge < -0.3 is 19.9 Å². The van der Waals surface area contributed by atoms with E-state index in [1.54, 1.807) is 21.9 Å².